The van der Waals surface area contributed by atoms with Gasteiger partial charge in [0, 0.05) is 5.56 Å². The number of hydrogen-bond acceptors (Lipinski definition) is 4. The second-order valence-corrected chi connectivity index (χ2v) is 4.27. The van der Waals surface area contributed by atoms with Gasteiger partial charge in [-0.15, -0.1) is 0 Å². The Bertz CT molecular complexity index is 716. The molecule has 21 heavy (non-hydrogen) atoms. The number of isocyanates is 1. The number of methoxy groups -OCH3 is 2. The molecule has 0 saturated heterocycles. The van der Waals surface area contributed by atoms with Gasteiger partial charge in [-0.25, -0.2) is 4.79 Å². The standard InChI is InChI=1S/C17H15NO3/c1-12(14-6-4-5-7-15(14)18-11-19)13-8-9-16(20-2)17(10-13)21-3/h4-10H,1H2,2-3H3. The van der Waals surface area contributed by atoms with E-state index in [4.69, 9.17) is 9.47 Å². The zero-order valence-corrected chi connectivity index (χ0v) is 11.9. The lowest BCUT2D eigenvalue weighted by molar-refractivity contribution is 0.355. The van der Waals surface area contributed by atoms with E-state index in [0.29, 0.717) is 17.2 Å². The highest BCUT2D eigenvalue weighted by atomic mass is 16.5. The van der Waals surface area contributed by atoms with Gasteiger partial charge in [-0.3, -0.25) is 0 Å². The first-order valence-corrected chi connectivity index (χ1v) is 6.30. The molecule has 0 aliphatic carbocycles. The first kappa shape index (κ1) is 14.6. The lowest BCUT2D eigenvalue weighted by Crippen LogP contribution is -1.93. The molecule has 2 aromatic carbocycles. The lowest BCUT2D eigenvalue weighted by atomic mass is 9.98. The van der Waals surface area contributed by atoms with Crippen molar-refractivity contribution in [2.24, 2.45) is 4.99 Å². The topological polar surface area (TPSA) is 47.9 Å². The van der Waals surface area contributed by atoms with Crippen LogP contribution in [-0.4, -0.2) is 20.3 Å². The lowest BCUT2D eigenvalue weighted by Gasteiger charge is -2.12. The molecule has 106 valence electrons. The largest absolute Gasteiger partial charge is 0.493 e. The second-order valence-electron chi connectivity index (χ2n) is 4.27. The van der Waals surface area contributed by atoms with Crippen molar-refractivity contribution in [3.63, 3.8) is 0 Å². The van der Waals surface area contributed by atoms with Gasteiger partial charge in [0.05, 0.1) is 19.9 Å². The number of hydrogen-bond donors (Lipinski definition) is 0. The molecule has 0 aliphatic heterocycles. The summed E-state index contributed by atoms with van der Waals surface area (Å²) in [5, 5.41) is 0. The van der Waals surface area contributed by atoms with Crippen molar-refractivity contribution in [1.29, 1.82) is 0 Å². The molecule has 4 nitrogen and oxygen atoms in total. The molecule has 2 aromatic rings. The summed E-state index contributed by atoms with van der Waals surface area (Å²) >= 11 is 0. The van der Waals surface area contributed by atoms with E-state index in [2.05, 4.69) is 11.6 Å². The molecule has 0 spiro atoms. The second kappa shape index (κ2) is 6.55. The smallest absolute Gasteiger partial charge is 0.240 e. The molecule has 0 saturated carbocycles. The fourth-order valence-corrected chi connectivity index (χ4v) is 2.05. The quantitative estimate of drug-likeness (QED) is 0.619. The predicted molar refractivity (Wildman–Crippen MR) is 81.9 cm³/mol. The van der Waals surface area contributed by atoms with E-state index in [-0.39, 0.29) is 0 Å². The van der Waals surface area contributed by atoms with Gasteiger partial charge >= 0.3 is 0 Å². The van der Waals surface area contributed by atoms with Gasteiger partial charge in [0.25, 0.3) is 0 Å². The average Bonchev–Trinajstić information content (AvgIpc) is 2.54. The zero-order chi connectivity index (χ0) is 15.2. The minimum absolute atomic E-state index is 0.535. The molecule has 0 N–H and O–H groups in total. The zero-order valence-electron chi connectivity index (χ0n) is 11.9. The van der Waals surface area contributed by atoms with Crippen LogP contribution in [0.1, 0.15) is 11.1 Å². The number of benzene rings is 2. The molecule has 0 atom stereocenters. The average molecular weight is 281 g/mol. The van der Waals surface area contributed by atoms with Crippen LogP contribution < -0.4 is 9.47 Å². The van der Waals surface area contributed by atoms with Crippen LogP contribution in [0.15, 0.2) is 54.0 Å². The van der Waals surface area contributed by atoms with Crippen molar-refractivity contribution < 1.29 is 14.3 Å². The Morgan fingerprint density at radius 2 is 1.81 bits per heavy atom. The van der Waals surface area contributed by atoms with E-state index in [0.717, 1.165) is 16.7 Å². The van der Waals surface area contributed by atoms with E-state index >= 15 is 0 Å². The summed E-state index contributed by atoms with van der Waals surface area (Å²) in [7, 11) is 3.16. The first-order valence-electron chi connectivity index (χ1n) is 6.30. The van der Waals surface area contributed by atoms with Crippen molar-refractivity contribution in [1.82, 2.24) is 0 Å². The van der Waals surface area contributed by atoms with Crippen LogP contribution in [0.3, 0.4) is 0 Å². The maximum Gasteiger partial charge on any atom is 0.240 e. The third kappa shape index (κ3) is 3.02. The van der Waals surface area contributed by atoms with Crippen LogP contribution in [0.25, 0.3) is 5.57 Å². The Labute approximate surface area is 123 Å². The molecule has 2 rings (SSSR count). The van der Waals surface area contributed by atoms with Gasteiger partial charge in [-0.2, -0.15) is 4.99 Å². The molecular weight excluding hydrogens is 266 g/mol. The maximum atomic E-state index is 10.5. The van der Waals surface area contributed by atoms with E-state index in [1.165, 1.54) is 0 Å². The van der Waals surface area contributed by atoms with Gasteiger partial charge in [-0.1, -0.05) is 30.8 Å². The highest BCUT2D eigenvalue weighted by molar-refractivity contribution is 5.85. The molecule has 0 bridgehead atoms. The molecule has 0 unspecified atom stereocenters. The highest BCUT2D eigenvalue weighted by Gasteiger charge is 2.11. The Kier molecular flexibility index (Phi) is 4.54. The number of para-hydroxylation sites is 1. The van der Waals surface area contributed by atoms with E-state index in [1.807, 2.05) is 36.4 Å². The van der Waals surface area contributed by atoms with Crippen LogP contribution in [0.2, 0.25) is 0 Å². The van der Waals surface area contributed by atoms with Gasteiger partial charge < -0.3 is 9.47 Å². The summed E-state index contributed by atoms with van der Waals surface area (Å²) in [6, 6.07) is 12.8. The van der Waals surface area contributed by atoms with Crippen molar-refractivity contribution in [2.45, 2.75) is 0 Å². The Hall–Kier alpha value is -2.84. The molecule has 4 heteroatoms. The molecule has 0 aromatic heterocycles. The number of ether oxygens (including phenoxy) is 2. The number of aliphatic imine (C=N–C) groups is 1. The van der Waals surface area contributed by atoms with Crippen LogP contribution in [-0.2, 0) is 4.79 Å². The van der Waals surface area contributed by atoms with Gasteiger partial charge in [0.1, 0.15) is 0 Å². The minimum Gasteiger partial charge on any atom is -0.493 e. The number of nitrogens with zero attached hydrogens (tertiary/aromatic N) is 1. The fourth-order valence-electron chi connectivity index (χ4n) is 2.05. The van der Waals surface area contributed by atoms with E-state index in [9.17, 15) is 4.79 Å². The highest BCUT2D eigenvalue weighted by Crippen LogP contribution is 2.34. The first-order chi connectivity index (χ1) is 10.2. The van der Waals surface area contributed by atoms with Crippen LogP contribution >= 0.6 is 0 Å². The summed E-state index contributed by atoms with van der Waals surface area (Å²) in [6.07, 6.45) is 1.56. The molecule has 0 radical (unpaired) electrons. The molecule has 0 fully saturated rings. The maximum absolute atomic E-state index is 10.5. The summed E-state index contributed by atoms with van der Waals surface area (Å²) in [4.78, 5) is 14.2. The third-order valence-electron chi connectivity index (χ3n) is 3.13. The fraction of sp³-hybridized carbons (Fsp3) is 0.118. The van der Waals surface area contributed by atoms with Gasteiger partial charge in [0.15, 0.2) is 11.5 Å². The third-order valence-corrected chi connectivity index (χ3v) is 3.13. The van der Waals surface area contributed by atoms with E-state index in [1.54, 1.807) is 26.4 Å². The summed E-state index contributed by atoms with van der Waals surface area (Å²) in [5.74, 6) is 1.26. The Morgan fingerprint density at radius 1 is 1.10 bits per heavy atom. The summed E-state index contributed by atoms with van der Waals surface area (Å²) in [6.45, 7) is 4.08. The van der Waals surface area contributed by atoms with Crippen LogP contribution in [0.5, 0.6) is 11.5 Å². The Balaban J connectivity index is 2.48. The summed E-state index contributed by atoms with van der Waals surface area (Å²) < 4.78 is 10.5. The van der Waals surface area contributed by atoms with Crippen LogP contribution in [0.4, 0.5) is 5.69 Å². The van der Waals surface area contributed by atoms with Gasteiger partial charge in [-0.05, 0) is 29.3 Å². The predicted octanol–water partition coefficient (Wildman–Crippen LogP) is 3.73. The van der Waals surface area contributed by atoms with Crippen molar-refractivity contribution in [2.75, 3.05) is 14.2 Å². The number of rotatable bonds is 5. The van der Waals surface area contributed by atoms with Crippen LogP contribution in [0, 0.1) is 0 Å². The molecule has 0 aliphatic rings. The van der Waals surface area contributed by atoms with Crippen molar-refractivity contribution >= 4 is 17.3 Å². The molecular formula is C17H15NO3. The summed E-state index contributed by atoms with van der Waals surface area (Å²) in [5.41, 5.74) is 2.91. The monoisotopic (exact) mass is 281 g/mol. The Morgan fingerprint density at radius 3 is 2.48 bits per heavy atom. The number of carbonyl (C=O) groups excluding carboxylic acids is 1. The minimum atomic E-state index is 0.535. The van der Waals surface area contributed by atoms with E-state index < -0.39 is 0 Å². The molecule has 0 amide bonds. The normalized spacial score (nSPS) is 9.62. The van der Waals surface area contributed by atoms with Gasteiger partial charge in [0.2, 0.25) is 6.08 Å². The van der Waals surface area contributed by atoms with Crippen molar-refractivity contribution in [3.8, 4) is 11.5 Å². The van der Waals surface area contributed by atoms with Crippen molar-refractivity contribution in [3.05, 3.63) is 60.2 Å². The molecule has 0 heterocycles. The SMILES string of the molecule is C=C(c1ccc(OC)c(OC)c1)c1ccccc1N=C=O.